The summed E-state index contributed by atoms with van der Waals surface area (Å²) in [4.78, 5) is 8.93. The van der Waals surface area contributed by atoms with Crippen molar-refractivity contribution in [3.8, 4) is 5.75 Å². The van der Waals surface area contributed by atoms with Gasteiger partial charge in [0.1, 0.15) is 5.75 Å². The van der Waals surface area contributed by atoms with E-state index < -0.39 is 0 Å². The molecule has 1 aliphatic heterocycles. The van der Waals surface area contributed by atoms with Gasteiger partial charge in [-0.15, -0.1) is 0 Å². The fourth-order valence-corrected chi connectivity index (χ4v) is 3.14. The first-order chi connectivity index (χ1) is 13.8. The van der Waals surface area contributed by atoms with E-state index >= 15 is 0 Å². The standard InChI is InChI=1S/C23H22N4O/c1-3-16-5-10-21-20(15-16)22(17-6-8-19(9-7-17)28-4-2)26-27-23(25-21)18-11-13-24-14-12-18/h5-15H,3-4H2,1-2H3,(H,25,27). The number of ether oxygens (including phenoxy) is 1. The fraction of sp³-hybridized carbons (Fsp3) is 0.174. The Kier molecular flexibility index (Phi) is 5.15. The van der Waals surface area contributed by atoms with Crippen molar-refractivity contribution in [1.29, 1.82) is 0 Å². The van der Waals surface area contributed by atoms with E-state index in [4.69, 9.17) is 14.8 Å². The number of hydrogen-bond acceptors (Lipinski definition) is 5. The maximum Gasteiger partial charge on any atom is 0.154 e. The van der Waals surface area contributed by atoms with Crippen molar-refractivity contribution in [1.82, 2.24) is 10.4 Å². The van der Waals surface area contributed by atoms with Crippen LogP contribution in [-0.2, 0) is 6.42 Å². The van der Waals surface area contributed by atoms with E-state index in [9.17, 15) is 0 Å². The van der Waals surface area contributed by atoms with Crippen LogP contribution in [0.2, 0.25) is 0 Å². The summed E-state index contributed by atoms with van der Waals surface area (Å²) in [6.07, 6.45) is 4.46. The number of aliphatic imine (C=N–C) groups is 1. The third-order valence-electron chi connectivity index (χ3n) is 4.62. The Morgan fingerprint density at radius 1 is 0.893 bits per heavy atom. The van der Waals surface area contributed by atoms with E-state index in [1.54, 1.807) is 12.4 Å². The van der Waals surface area contributed by atoms with Gasteiger partial charge in [0, 0.05) is 29.1 Å². The van der Waals surface area contributed by atoms with Crippen molar-refractivity contribution in [3.63, 3.8) is 0 Å². The Morgan fingerprint density at radius 3 is 2.39 bits per heavy atom. The Bertz CT molecular complexity index is 1020. The van der Waals surface area contributed by atoms with Gasteiger partial charge in [0.2, 0.25) is 0 Å². The number of hydrogen-bond donors (Lipinski definition) is 1. The summed E-state index contributed by atoms with van der Waals surface area (Å²) in [5.41, 5.74) is 9.12. The molecule has 140 valence electrons. The minimum Gasteiger partial charge on any atom is -0.494 e. The molecular weight excluding hydrogens is 348 g/mol. The number of nitrogens with zero attached hydrogens (tertiary/aromatic N) is 3. The lowest BCUT2D eigenvalue weighted by molar-refractivity contribution is 0.340. The van der Waals surface area contributed by atoms with Crippen LogP contribution in [0.4, 0.5) is 5.69 Å². The van der Waals surface area contributed by atoms with E-state index in [-0.39, 0.29) is 0 Å². The van der Waals surface area contributed by atoms with Crippen molar-refractivity contribution in [2.24, 2.45) is 10.1 Å². The monoisotopic (exact) mass is 370 g/mol. The van der Waals surface area contributed by atoms with E-state index in [1.165, 1.54) is 5.56 Å². The van der Waals surface area contributed by atoms with E-state index in [0.29, 0.717) is 12.4 Å². The average Bonchev–Trinajstić information content (AvgIpc) is 2.94. The molecule has 0 saturated carbocycles. The molecule has 0 radical (unpaired) electrons. The number of fused-ring (bicyclic) bond motifs is 1. The molecule has 0 atom stereocenters. The number of nitrogens with one attached hydrogen (secondary N) is 1. The highest BCUT2D eigenvalue weighted by Gasteiger charge is 2.18. The average molecular weight is 370 g/mol. The first-order valence-corrected chi connectivity index (χ1v) is 9.47. The lowest BCUT2D eigenvalue weighted by atomic mass is 9.98. The summed E-state index contributed by atoms with van der Waals surface area (Å²) in [6, 6.07) is 18.2. The zero-order chi connectivity index (χ0) is 19.3. The topological polar surface area (TPSA) is 58.9 Å². The molecule has 0 spiro atoms. The van der Waals surface area contributed by atoms with Crippen molar-refractivity contribution in [2.45, 2.75) is 20.3 Å². The molecule has 0 unspecified atom stereocenters. The Balaban J connectivity index is 1.81. The summed E-state index contributed by atoms with van der Waals surface area (Å²) in [5, 5.41) is 4.72. The maximum absolute atomic E-state index is 5.57. The summed E-state index contributed by atoms with van der Waals surface area (Å²) in [5.74, 6) is 1.55. The molecule has 28 heavy (non-hydrogen) atoms. The number of aryl methyl sites for hydroxylation is 1. The third-order valence-corrected chi connectivity index (χ3v) is 4.62. The molecule has 1 N–H and O–H groups in total. The second kappa shape index (κ2) is 8.05. The minimum atomic E-state index is 0.647. The van der Waals surface area contributed by atoms with Gasteiger partial charge in [-0.2, -0.15) is 5.10 Å². The smallest absolute Gasteiger partial charge is 0.154 e. The zero-order valence-electron chi connectivity index (χ0n) is 16.0. The van der Waals surface area contributed by atoms with Crippen LogP contribution in [0.1, 0.15) is 36.1 Å². The second-order valence-electron chi connectivity index (χ2n) is 6.43. The Labute approximate surface area is 164 Å². The molecule has 0 fully saturated rings. The molecule has 0 saturated heterocycles. The number of hydrazone groups is 1. The summed E-state index contributed by atoms with van der Waals surface area (Å²) < 4.78 is 5.57. The van der Waals surface area contributed by atoms with Gasteiger partial charge in [0.05, 0.1) is 18.0 Å². The molecule has 3 aromatic rings. The predicted molar refractivity (Wildman–Crippen MR) is 113 cm³/mol. The lowest BCUT2D eigenvalue weighted by Gasteiger charge is -2.10. The second-order valence-corrected chi connectivity index (χ2v) is 6.43. The minimum absolute atomic E-state index is 0.647. The van der Waals surface area contributed by atoms with Crippen molar-refractivity contribution in [2.75, 3.05) is 6.61 Å². The quantitative estimate of drug-likeness (QED) is 0.720. The fourth-order valence-electron chi connectivity index (χ4n) is 3.14. The molecule has 5 nitrogen and oxygen atoms in total. The molecule has 0 bridgehead atoms. The van der Waals surface area contributed by atoms with Gasteiger partial charge in [0.25, 0.3) is 0 Å². The van der Waals surface area contributed by atoms with Gasteiger partial charge in [-0.1, -0.05) is 13.0 Å². The summed E-state index contributed by atoms with van der Waals surface area (Å²) >= 11 is 0. The van der Waals surface area contributed by atoms with Crippen molar-refractivity contribution >= 4 is 17.2 Å². The van der Waals surface area contributed by atoms with Crippen LogP contribution < -0.4 is 10.2 Å². The normalized spacial score (nSPS) is 12.9. The first kappa shape index (κ1) is 17.9. The highest BCUT2D eigenvalue weighted by molar-refractivity contribution is 6.18. The van der Waals surface area contributed by atoms with Gasteiger partial charge in [-0.25, -0.2) is 4.99 Å². The van der Waals surface area contributed by atoms with Crippen molar-refractivity contribution in [3.05, 3.63) is 89.2 Å². The van der Waals surface area contributed by atoms with Crippen molar-refractivity contribution < 1.29 is 4.74 Å². The molecule has 5 heteroatoms. The lowest BCUT2D eigenvalue weighted by Crippen LogP contribution is -2.19. The van der Waals surface area contributed by atoms with E-state index in [2.05, 4.69) is 35.5 Å². The van der Waals surface area contributed by atoms with E-state index in [0.717, 1.165) is 40.3 Å². The van der Waals surface area contributed by atoms with Gasteiger partial charge < -0.3 is 4.74 Å². The van der Waals surface area contributed by atoms with Gasteiger partial charge in [-0.3, -0.25) is 10.4 Å². The number of pyridine rings is 1. The molecule has 1 aliphatic rings. The maximum atomic E-state index is 5.57. The molecule has 0 amide bonds. The van der Waals surface area contributed by atoms with Crippen LogP contribution in [-0.4, -0.2) is 23.1 Å². The van der Waals surface area contributed by atoms with Crippen LogP contribution in [0.5, 0.6) is 5.75 Å². The first-order valence-electron chi connectivity index (χ1n) is 9.47. The molecule has 4 rings (SSSR count). The van der Waals surface area contributed by atoms with Gasteiger partial charge in [0.15, 0.2) is 5.84 Å². The Morgan fingerprint density at radius 2 is 1.68 bits per heavy atom. The Hall–Kier alpha value is -3.47. The summed E-state index contributed by atoms with van der Waals surface area (Å²) in [7, 11) is 0. The molecule has 2 heterocycles. The number of benzene rings is 2. The highest BCUT2D eigenvalue weighted by Crippen LogP contribution is 2.28. The van der Waals surface area contributed by atoms with Gasteiger partial charge in [-0.05, 0) is 67.4 Å². The van der Waals surface area contributed by atoms with Crippen LogP contribution in [0.25, 0.3) is 0 Å². The molecular formula is C23H22N4O. The van der Waals surface area contributed by atoms with Crippen LogP contribution >= 0.6 is 0 Å². The number of aromatic nitrogens is 1. The zero-order valence-corrected chi connectivity index (χ0v) is 16.0. The largest absolute Gasteiger partial charge is 0.494 e. The third kappa shape index (κ3) is 3.64. The van der Waals surface area contributed by atoms with Crippen LogP contribution in [0, 0.1) is 0 Å². The molecule has 2 aromatic carbocycles. The van der Waals surface area contributed by atoms with Gasteiger partial charge >= 0.3 is 0 Å². The van der Waals surface area contributed by atoms with E-state index in [1.807, 2.05) is 43.3 Å². The van der Waals surface area contributed by atoms with Crippen LogP contribution in [0.15, 0.2) is 77.1 Å². The molecule has 0 aliphatic carbocycles. The number of rotatable bonds is 5. The number of amidine groups is 1. The molecule has 1 aromatic heterocycles. The highest BCUT2D eigenvalue weighted by atomic mass is 16.5. The SMILES string of the molecule is CCOc1ccc(C2=NNC(c3ccncc3)=Nc3ccc(CC)cc32)cc1. The predicted octanol–water partition coefficient (Wildman–Crippen LogP) is 4.48. The van der Waals surface area contributed by atoms with Crippen LogP contribution in [0.3, 0.4) is 0 Å². The summed E-state index contributed by atoms with van der Waals surface area (Å²) in [6.45, 7) is 4.78.